The van der Waals surface area contributed by atoms with Gasteiger partial charge in [-0.2, -0.15) is 13.2 Å². The van der Waals surface area contributed by atoms with Crippen molar-refractivity contribution in [2.75, 3.05) is 5.32 Å². The molecule has 0 amide bonds. The number of fused-ring (bicyclic) bond motifs is 1. The number of H-pyrrole nitrogens is 1. The first-order valence-electron chi connectivity index (χ1n) is 6.14. The van der Waals surface area contributed by atoms with Crippen LogP contribution in [0.4, 0.5) is 19.0 Å². The molecule has 0 aromatic carbocycles. The summed E-state index contributed by atoms with van der Waals surface area (Å²) < 4.78 is 43.6. The Bertz CT molecular complexity index is 762. The van der Waals surface area contributed by atoms with Gasteiger partial charge in [-0.25, -0.2) is 9.97 Å². The van der Waals surface area contributed by atoms with Crippen molar-refractivity contribution in [3.63, 3.8) is 0 Å². The molecule has 0 radical (unpaired) electrons. The van der Waals surface area contributed by atoms with Gasteiger partial charge in [0.25, 0.3) is 0 Å². The zero-order valence-corrected chi connectivity index (χ0v) is 11.0. The average Bonchev–Trinajstić information content (AvgIpc) is 3.02. The number of hydrogen-bond donors (Lipinski definition) is 2. The van der Waals surface area contributed by atoms with Crippen LogP contribution in [0.25, 0.3) is 11.0 Å². The van der Waals surface area contributed by atoms with Gasteiger partial charge in [-0.1, -0.05) is 0 Å². The van der Waals surface area contributed by atoms with Crippen molar-refractivity contribution in [3.8, 4) is 0 Å². The van der Waals surface area contributed by atoms with Crippen LogP contribution in [0.3, 0.4) is 0 Å². The standard InChI is InChI=1S/C13H11F3N4O/c1-7-5-9-10(17-6-8-3-2-4-21-8)19-12(13(14,15)16)20-11(9)18-7/h2-5H,6H2,1H3,(H2,17,18,19,20). The fourth-order valence-electron chi connectivity index (χ4n) is 1.99. The molecule has 0 bridgehead atoms. The molecule has 110 valence electrons. The smallest absolute Gasteiger partial charge is 0.451 e. The topological polar surface area (TPSA) is 66.7 Å². The van der Waals surface area contributed by atoms with Crippen molar-refractivity contribution in [1.82, 2.24) is 15.0 Å². The van der Waals surface area contributed by atoms with E-state index in [2.05, 4.69) is 20.3 Å². The fraction of sp³-hybridized carbons (Fsp3) is 0.231. The number of alkyl halides is 3. The second kappa shape index (κ2) is 4.80. The van der Waals surface area contributed by atoms with Crippen LogP contribution in [0.2, 0.25) is 0 Å². The molecule has 0 aliphatic heterocycles. The van der Waals surface area contributed by atoms with Gasteiger partial charge in [0.15, 0.2) is 0 Å². The molecule has 3 aromatic heterocycles. The molecule has 0 fully saturated rings. The van der Waals surface area contributed by atoms with Crippen molar-refractivity contribution in [1.29, 1.82) is 0 Å². The van der Waals surface area contributed by atoms with E-state index in [9.17, 15) is 13.2 Å². The van der Waals surface area contributed by atoms with E-state index in [1.807, 2.05) is 0 Å². The number of nitrogens with one attached hydrogen (secondary N) is 2. The number of hydrogen-bond acceptors (Lipinski definition) is 4. The SMILES string of the molecule is Cc1cc2c(NCc3ccco3)nc(C(F)(F)F)nc2[nH]1. The molecule has 3 heterocycles. The molecule has 3 aromatic rings. The van der Waals surface area contributed by atoms with Gasteiger partial charge in [-0.15, -0.1) is 0 Å². The molecule has 3 rings (SSSR count). The second-order valence-corrected chi connectivity index (χ2v) is 4.54. The van der Waals surface area contributed by atoms with Crippen LogP contribution in [0, 0.1) is 6.92 Å². The molecule has 0 saturated carbocycles. The fourth-order valence-corrected chi connectivity index (χ4v) is 1.99. The molecule has 0 atom stereocenters. The van der Waals surface area contributed by atoms with Crippen LogP contribution >= 0.6 is 0 Å². The van der Waals surface area contributed by atoms with Crippen molar-refractivity contribution in [3.05, 3.63) is 41.7 Å². The highest BCUT2D eigenvalue weighted by molar-refractivity contribution is 5.87. The Balaban J connectivity index is 2.01. The first-order chi connectivity index (χ1) is 9.93. The van der Waals surface area contributed by atoms with Gasteiger partial charge in [0.2, 0.25) is 5.82 Å². The van der Waals surface area contributed by atoms with Crippen LogP contribution in [0.15, 0.2) is 28.9 Å². The summed E-state index contributed by atoms with van der Waals surface area (Å²) >= 11 is 0. The zero-order valence-electron chi connectivity index (χ0n) is 11.0. The molecule has 8 heteroatoms. The lowest BCUT2D eigenvalue weighted by Crippen LogP contribution is -2.13. The highest BCUT2D eigenvalue weighted by atomic mass is 19.4. The number of aryl methyl sites for hydroxylation is 1. The lowest BCUT2D eigenvalue weighted by Gasteiger charge is -2.09. The average molecular weight is 296 g/mol. The van der Waals surface area contributed by atoms with E-state index in [-0.39, 0.29) is 18.0 Å². The molecule has 21 heavy (non-hydrogen) atoms. The summed E-state index contributed by atoms with van der Waals surface area (Å²) in [6.45, 7) is 1.98. The van der Waals surface area contributed by atoms with Gasteiger partial charge in [0.1, 0.15) is 17.2 Å². The molecule has 0 saturated heterocycles. The van der Waals surface area contributed by atoms with Crippen molar-refractivity contribution in [2.45, 2.75) is 19.6 Å². The summed E-state index contributed by atoms with van der Waals surface area (Å²) in [5.41, 5.74) is 0.858. The van der Waals surface area contributed by atoms with Crippen LogP contribution in [0.5, 0.6) is 0 Å². The van der Waals surface area contributed by atoms with Gasteiger partial charge in [0.05, 0.1) is 18.2 Å². The molecule has 0 spiro atoms. The Hall–Kier alpha value is -2.51. The van der Waals surface area contributed by atoms with Crippen LogP contribution in [-0.2, 0) is 12.7 Å². The lowest BCUT2D eigenvalue weighted by atomic mass is 10.3. The van der Waals surface area contributed by atoms with Gasteiger partial charge in [-0.05, 0) is 25.1 Å². The summed E-state index contributed by atoms with van der Waals surface area (Å²) in [5.74, 6) is -0.463. The summed E-state index contributed by atoms with van der Waals surface area (Å²) in [7, 11) is 0. The number of halogens is 3. The third kappa shape index (κ3) is 2.69. The van der Waals surface area contributed by atoms with Gasteiger partial charge in [0, 0.05) is 5.69 Å². The van der Waals surface area contributed by atoms with Crippen molar-refractivity contribution >= 4 is 16.9 Å². The molecule has 0 aliphatic rings. The number of furan rings is 1. The first-order valence-corrected chi connectivity index (χ1v) is 6.14. The van der Waals surface area contributed by atoms with Crippen molar-refractivity contribution in [2.24, 2.45) is 0 Å². The van der Waals surface area contributed by atoms with E-state index in [4.69, 9.17) is 4.42 Å². The van der Waals surface area contributed by atoms with Crippen molar-refractivity contribution < 1.29 is 17.6 Å². The molecule has 0 aliphatic carbocycles. The Morgan fingerprint density at radius 3 is 2.81 bits per heavy atom. The molecular weight excluding hydrogens is 285 g/mol. The Morgan fingerprint density at radius 2 is 2.14 bits per heavy atom. The van der Waals surface area contributed by atoms with Crippen LogP contribution < -0.4 is 5.32 Å². The largest absolute Gasteiger partial charge is 0.467 e. The molecule has 5 nitrogen and oxygen atoms in total. The number of nitrogens with zero attached hydrogens (tertiary/aromatic N) is 2. The normalized spacial score (nSPS) is 12.0. The van der Waals surface area contributed by atoms with E-state index in [0.29, 0.717) is 16.8 Å². The van der Waals surface area contributed by atoms with Gasteiger partial charge in [-0.3, -0.25) is 0 Å². The van der Waals surface area contributed by atoms with Gasteiger partial charge < -0.3 is 14.7 Å². The summed E-state index contributed by atoms with van der Waals surface area (Å²) in [4.78, 5) is 9.88. The minimum atomic E-state index is -4.60. The van der Waals surface area contributed by atoms with E-state index in [0.717, 1.165) is 0 Å². The number of anilines is 1. The molecule has 0 unspecified atom stereocenters. The monoisotopic (exact) mass is 296 g/mol. The molecular formula is C13H11F3N4O. The van der Waals surface area contributed by atoms with E-state index >= 15 is 0 Å². The van der Waals surface area contributed by atoms with E-state index < -0.39 is 12.0 Å². The highest BCUT2D eigenvalue weighted by Gasteiger charge is 2.35. The first kappa shape index (κ1) is 13.5. The summed E-state index contributed by atoms with van der Waals surface area (Å²) in [6, 6.07) is 5.12. The number of rotatable bonds is 3. The third-order valence-electron chi connectivity index (χ3n) is 2.89. The third-order valence-corrected chi connectivity index (χ3v) is 2.89. The zero-order chi connectivity index (χ0) is 15.0. The summed E-state index contributed by atoms with van der Waals surface area (Å²) in [6.07, 6.45) is -3.11. The van der Waals surface area contributed by atoms with E-state index in [1.165, 1.54) is 6.26 Å². The second-order valence-electron chi connectivity index (χ2n) is 4.54. The number of aromatic amines is 1. The predicted octanol–water partition coefficient (Wildman–Crippen LogP) is 3.49. The quantitative estimate of drug-likeness (QED) is 0.776. The minimum absolute atomic E-state index is 0.119. The maximum atomic E-state index is 12.8. The molecule has 2 N–H and O–H groups in total. The van der Waals surface area contributed by atoms with E-state index in [1.54, 1.807) is 25.1 Å². The maximum Gasteiger partial charge on any atom is 0.451 e. The van der Waals surface area contributed by atoms with Gasteiger partial charge >= 0.3 is 6.18 Å². The summed E-state index contributed by atoms with van der Waals surface area (Å²) in [5, 5.41) is 3.36. The maximum absolute atomic E-state index is 12.8. The van der Waals surface area contributed by atoms with Crippen LogP contribution in [-0.4, -0.2) is 15.0 Å². The Kier molecular flexibility index (Phi) is 3.08. The minimum Gasteiger partial charge on any atom is -0.467 e. The lowest BCUT2D eigenvalue weighted by molar-refractivity contribution is -0.144. The Morgan fingerprint density at radius 1 is 1.33 bits per heavy atom. The number of aromatic nitrogens is 3. The highest BCUT2D eigenvalue weighted by Crippen LogP contribution is 2.30. The Labute approximate surface area is 117 Å². The van der Waals surface area contributed by atoms with Crippen LogP contribution in [0.1, 0.15) is 17.3 Å². The predicted molar refractivity (Wildman–Crippen MR) is 69.7 cm³/mol.